The minimum Gasteiger partial charge on any atom is -0.496 e. The summed E-state index contributed by atoms with van der Waals surface area (Å²) in [5.41, 5.74) is -1.38. The lowest BCUT2D eigenvalue weighted by Gasteiger charge is -2.27. The van der Waals surface area contributed by atoms with Gasteiger partial charge in [0.2, 0.25) is 11.8 Å². The molecule has 6 atom stereocenters. The molecule has 5 N–H and O–H groups in total. The van der Waals surface area contributed by atoms with Gasteiger partial charge in [-0.15, -0.1) is 11.6 Å². The Kier molecular flexibility index (Phi) is 27.9. The normalized spacial score (nSPS) is 16.2. The number of alkyl halides is 7. The number of esters is 1. The number of methoxy groups -OCH3 is 2. The average Bonchev–Trinajstić information content (AvgIpc) is 1.78. The second kappa shape index (κ2) is 35.0. The number of aryl methyl sites for hydroxylation is 2. The van der Waals surface area contributed by atoms with Gasteiger partial charge >= 0.3 is 24.3 Å². The minimum absolute atomic E-state index is 0.00308. The topological polar surface area (TPSA) is 274 Å². The van der Waals surface area contributed by atoms with Gasteiger partial charge in [-0.25, -0.2) is 9.59 Å². The van der Waals surface area contributed by atoms with E-state index in [1.807, 2.05) is 45.9 Å². The predicted molar refractivity (Wildman–Crippen MR) is 351 cm³/mol. The summed E-state index contributed by atoms with van der Waals surface area (Å²) in [6, 6.07) is 18.7. The summed E-state index contributed by atoms with van der Waals surface area (Å²) >= 11 is 5.82. The van der Waals surface area contributed by atoms with Crippen LogP contribution in [-0.4, -0.2) is 112 Å². The van der Waals surface area contributed by atoms with Crippen molar-refractivity contribution in [2.45, 2.75) is 156 Å². The van der Waals surface area contributed by atoms with Crippen molar-refractivity contribution in [2.75, 3.05) is 26.7 Å². The molecule has 8 rings (SSSR count). The predicted octanol–water partition coefficient (Wildman–Crippen LogP) is 14.4. The van der Waals surface area contributed by atoms with Crippen molar-refractivity contribution in [1.29, 1.82) is 0 Å². The van der Waals surface area contributed by atoms with Gasteiger partial charge in [-0.3, -0.25) is 38.4 Å². The van der Waals surface area contributed by atoms with Gasteiger partial charge in [-0.1, -0.05) is 76.9 Å². The minimum atomic E-state index is -4.83. The first-order valence-electron chi connectivity index (χ1n) is 32.2. The molecule has 2 aliphatic rings. The fourth-order valence-corrected chi connectivity index (χ4v) is 12.5. The summed E-state index contributed by atoms with van der Waals surface area (Å²) in [5, 5.41) is 15.7. The van der Waals surface area contributed by atoms with Gasteiger partial charge in [0.1, 0.15) is 23.1 Å². The number of halogens is 7. The number of carboxylic acid groups (broad SMARTS) is 1. The zero-order valence-electron chi connectivity index (χ0n) is 55.4. The number of carboxylic acids is 1. The fraction of sp³-hybridized carbons (Fsp3) is 0.472. The van der Waals surface area contributed by atoms with Gasteiger partial charge < -0.3 is 39.9 Å². The Hall–Kier alpha value is -8.67. The zero-order valence-corrected chi connectivity index (χ0v) is 56.2. The number of hydrogen-bond donors (Lipinski definition) is 5. The molecule has 2 heterocycles. The maximum absolute atomic E-state index is 13.8. The molecule has 0 bridgehead atoms. The first kappa shape index (κ1) is 77.3. The number of aromatic carboxylic acids is 1. The van der Waals surface area contributed by atoms with E-state index >= 15 is 0 Å². The highest BCUT2D eigenvalue weighted by molar-refractivity contribution is 6.28. The van der Waals surface area contributed by atoms with Crippen LogP contribution < -0.4 is 20.1 Å². The highest BCUT2D eigenvalue weighted by atomic mass is 35.5. The molecular formula is C72H83ClF6N4O14. The number of Topliss-reactive ketones (excluding diaryl/α,β-unsaturated/α-hetero) is 6. The van der Waals surface area contributed by atoms with Gasteiger partial charge in [-0.05, 0) is 137 Å². The third-order valence-electron chi connectivity index (χ3n) is 17.3. The number of ether oxygens (including phenoxy) is 3. The van der Waals surface area contributed by atoms with Crippen LogP contribution in [-0.2, 0) is 45.9 Å². The zero-order chi connectivity index (χ0) is 71.6. The number of ketones is 6. The molecule has 6 aromatic rings. The molecule has 2 amide bonds. The number of carbonyl (C=O) groups is 10. The van der Waals surface area contributed by atoms with Gasteiger partial charge in [-0.2, -0.15) is 26.3 Å². The first-order chi connectivity index (χ1) is 45.8. The van der Waals surface area contributed by atoms with E-state index in [2.05, 4.69) is 20.6 Å². The lowest BCUT2D eigenvalue weighted by atomic mass is 9.82. The molecule has 4 aromatic carbocycles. The first-order valence-corrected chi connectivity index (χ1v) is 32.7. The van der Waals surface area contributed by atoms with Gasteiger partial charge in [0, 0.05) is 71.2 Å². The van der Waals surface area contributed by atoms with E-state index in [4.69, 9.17) is 30.9 Å². The molecule has 25 heteroatoms. The number of carbonyl (C=O) groups excluding carboxylic acids is 9. The Bertz CT molecular complexity index is 3840. The highest BCUT2D eigenvalue weighted by Crippen LogP contribution is 2.36. The molecule has 0 unspecified atom stereocenters. The third kappa shape index (κ3) is 21.4. The van der Waals surface area contributed by atoms with Crippen LogP contribution in [0.5, 0.6) is 11.5 Å². The van der Waals surface area contributed by atoms with Crippen LogP contribution >= 0.6 is 11.6 Å². The van der Waals surface area contributed by atoms with Crippen LogP contribution in [0, 0.1) is 49.4 Å². The molecule has 0 aliphatic heterocycles. The summed E-state index contributed by atoms with van der Waals surface area (Å²) in [6.07, 6.45) is -3.25. The van der Waals surface area contributed by atoms with Crippen LogP contribution in [0.1, 0.15) is 182 Å². The van der Waals surface area contributed by atoms with E-state index in [-0.39, 0.29) is 101 Å². The molecule has 2 fully saturated rings. The molecule has 0 radical (unpaired) electrons. The number of hydrogen-bond acceptors (Lipinski definition) is 13. The Labute approximate surface area is 563 Å². The summed E-state index contributed by atoms with van der Waals surface area (Å²) in [4.78, 5) is 134. The molecule has 18 nitrogen and oxygen atoms in total. The van der Waals surface area contributed by atoms with Gasteiger partial charge in [0.15, 0.2) is 29.7 Å². The van der Waals surface area contributed by atoms with Crippen molar-refractivity contribution >= 4 is 91.9 Å². The van der Waals surface area contributed by atoms with Crippen LogP contribution in [0.3, 0.4) is 0 Å². The SMILES string of the molecule is COc1cccc2[nH]c(C(=O)C[C@@H](CC(C)C)C(=O)N[C@@H](C[C@@H]3CCCCC3=O)C(=O)CCl)cc12.COc1cccc2[nH]c(C(=O)C[C@@H](CC(C)C)C(=O)N[C@@H](C[C@@H]3CCCCC3=O)C(=O)COC(=O)c3c(C)cccc3C(F)(F)F)cc12.Cc1cccc(C(F)(F)F)c1C(=O)O. The van der Waals surface area contributed by atoms with Crippen LogP contribution in [0.4, 0.5) is 26.3 Å². The standard InChI is InChI=1S/C36H41F3N2O7.C27H35ClN2O5.C9H7F3O2/c1-20(2)15-23(17-30(43)28-18-24-26(40-28)12-8-14-32(24)47-4)34(45)41-27(16-22-10-5-6-13-29(22)42)31(44)19-48-35(46)33-21(3)9-7-11-25(33)36(37,38)39;1-16(2)11-18(13-24(32)22-14-19-20(29-22)8-6-10-26(19)35-3)27(34)30-21(25(33)15-28)12-17-7-4-5-9-23(17)31;1-5-3-2-4-6(9(10,11)12)7(5)8(13)14/h7-9,11-12,14,18,20,22-23,27,40H,5-6,10,13,15-17,19H2,1-4H3,(H,41,45);6,8,10,14,16-18,21,29H,4-5,7,9,11-13,15H2,1-3H3,(H,30,34);2-4H,1H3,(H,13,14)/t22-,23+,27-;17-,18+,21-;/m00./s1. The number of H-pyrrole nitrogens is 2. The number of amides is 2. The number of nitrogens with one attached hydrogen (secondary N) is 4. The molecule has 97 heavy (non-hydrogen) atoms. The molecule has 0 spiro atoms. The van der Waals surface area contributed by atoms with E-state index in [9.17, 15) is 74.3 Å². The Balaban J connectivity index is 0.000000263. The molecule has 2 aliphatic carbocycles. The van der Waals surface area contributed by atoms with E-state index in [0.717, 1.165) is 48.7 Å². The molecule has 0 saturated heterocycles. The van der Waals surface area contributed by atoms with Gasteiger partial charge in [0.05, 0.1) is 65.8 Å². The molecule has 524 valence electrons. The number of fused-ring (bicyclic) bond motifs is 2. The third-order valence-corrected chi connectivity index (χ3v) is 17.5. The van der Waals surface area contributed by atoms with Crippen molar-refractivity contribution in [2.24, 2.45) is 35.5 Å². The molecule has 2 aromatic heterocycles. The monoisotopic (exact) mass is 1380 g/mol. The quantitative estimate of drug-likeness (QED) is 0.0139. The van der Waals surface area contributed by atoms with E-state index < -0.39 is 94.7 Å². The van der Waals surface area contributed by atoms with Crippen LogP contribution in [0.25, 0.3) is 21.8 Å². The largest absolute Gasteiger partial charge is 0.496 e. The lowest BCUT2D eigenvalue weighted by Crippen LogP contribution is -2.47. The van der Waals surface area contributed by atoms with Crippen molar-refractivity contribution in [3.8, 4) is 11.5 Å². The number of aromatic amines is 2. The molecular weight excluding hydrogens is 1290 g/mol. The Morgan fingerprint density at radius 3 is 1.36 bits per heavy atom. The number of benzene rings is 4. The summed E-state index contributed by atoms with van der Waals surface area (Å²) in [6.45, 7) is 9.50. The second-order valence-electron chi connectivity index (χ2n) is 25.5. The van der Waals surface area contributed by atoms with E-state index in [0.29, 0.717) is 66.6 Å². The van der Waals surface area contributed by atoms with Crippen molar-refractivity contribution in [3.63, 3.8) is 0 Å². The Morgan fingerprint density at radius 2 is 0.990 bits per heavy atom. The number of aromatic nitrogens is 2. The van der Waals surface area contributed by atoms with Crippen molar-refractivity contribution in [3.05, 3.63) is 130 Å². The summed E-state index contributed by atoms with van der Waals surface area (Å²) in [5.74, 6) is -6.38. The van der Waals surface area contributed by atoms with Crippen molar-refractivity contribution < 1.29 is 93.6 Å². The van der Waals surface area contributed by atoms with Gasteiger partial charge in [0.25, 0.3) is 0 Å². The fourth-order valence-electron chi connectivity index (χ4n) is 12.3. The number of rotatable bonds is 27. The van der Waals surface area contributed by atoms with Crippen LogP contribution in [0.15, 0.2) is 84.9 Å². The van der Waals surface area contributed by atoms with E-state index in [1.165, 1.54) is 45.2 Å². The van der Waals surface area contributed by atoms with Crippen LogP contribution in [0.2, 0.25) is 0 Å². The van der Waals surface area contributed by atoms with Crippen molar-refractivity contribution in [1.82, 2.24) is 20.6 Å². The summed E-state index contributed by atoms with van der Waals surface area (Å²) in [7, 11) is 3.10. The Morgan fingerprint density at radius 1 is 0.588 bits per heavy atom. The molecule has 2 saturated carbocycles. The second-order valence-corrected chi connectivity index (χ2v) is 25.7. The average molecular weight is 1380 g/mol. The maximum atomic E-state index is 13.8. The smallest absolute Gasteiger partial charge is 0.417 e. The maximum Gasteiger partial charge on any atom is 0.417 e. The van der Waals surface area contributed by atoms with E-state index in [1.54, 1.807) is 37.4 Å². The lowest BCUT2D eigenvalue weighted by molar-refractivity contribution is -0.139. The highest BCUT2D eigenvalue weighted by Gasteiger charge is 2.39. The summed E-state index contributed by atoms with van der Waals surface area (Å²) < 4.78 is 93.7.